The maximum Gasteiger partial charge on any atom is 0.251 e. The van der Waals surface area contributed by atoms with Crippen molar-refractivity contribution in [3.8, 4) is 16.9 Å². The molecule has 10 heteroatoms. The molecule has 3 aromatic carbocycles. The van der Waals surface area contributed by atoms with Crippen molar-refractivity contribution in [2.75, 3.05) is 43.1 Å². The number of rotatable bonds is 17. The van der Waals surface area contributed by atoms with E-state index < -0.39 is 10.8 Å². The molecule has 1 aromatic heterocycles. The molecule has 0 radical (unpaired) electrons. The second kappa shape index (κ2) is 17.9. The number of aryl methyl sites for hydroxylation is 1. The average molecular weight is 684 g/mol. The van der Waals surface area contributed by atoms with Crippen molar-refractivity contribution >= 4 is 34.2 Å². The number of carbonyl (C=O) groups excluding carboxylic acids is 1. The lowest BCUT2D eigenvalue weighted by Gasteiger charge is -2.27. The molecule has 260 valence electrons. The van der Waals surface area contributed by atoms with Gasteiger partial charge in [0.15, 0.2) is 0 Å². The molecular formula is C39H49N5O4S. The number of hydrogen-bond acceptors (Lipinski definition) is 7. The van der Waals surface area contributed by atoms with Crippen LogP contribution in [-0.4, -0.2) is 57.8 Å². The lowest BCUT2D eigenvalue weighted by atomic mass is 10.00. The average Bonchev–Trinajstić information content (AvgIpc) is 3.45. The number of nitrogens with zero attached hydrogens (tertiary/aromatic N) is 4. The van der Waals surface area contributed by atoms with Crippen LogP contribution in [0.2, 0.25) is 0 Å². The van der Waals surface area contributed by atoms with Gasteiger partial charge in [-0.25, -0.2) is 0 Å². The predicted molar refractivity (Wildman–Crippen MR) is 198 cm³/mol. The fourth-order valence-corrected chi connectivity index (χ4v) is 6.88. The maximum absolute atomic E-state index is 13.6. The zero-order valence-corrected chi connectivity index (χ0v) is 30.0. The Morgan fingerprint density at radius 2 is 1.73 bits per heavy atom. The number of hydrogen-bond donors (Lipinski definition) is 1. The van der Waals surface area contributed by atoms with Crippen LogP contribution < -0.4 is 15.0 Å². The lowest BCUT2D eigenvalue weighted by molar-refractivity contribution is -0.112. The highest BCUT2D eigenvalue weighted by molar-refractivity contribution is 7.84. The van der Waals surface area contributed by atoms with Gasteiger partial charge < -0.3 is 24.3 Å². The molecular weight excluding hydrogens is 635 g/mol. The fourth-order valence-electron chi connectivity index (χ4n) is 5.81. The summed E-state index contributed by atoms with van der Waals surface area (Å²) in [6, 6.07) is 21.8. The Labute approximate surface area is 293 Å². The third-order valence-corrected chi connectivity index (χ3v) is 9.67. The molecule has 0 aliphatic carbocycles. The Hall–Kier alpha value is -4.28. The number of nitrogens with one attached hydrogen (secondary N) is 1. The number of anilines is 2. The third-order valence-electron chi connectivity index (χ3n) is 8.35. The van der Waals surface area contributed by atoms with Crippen LogP contribution in [0.4, 0.5) is 11.4 Å². The van der Waals surface area contributed by atoms with Crippen molar-refractivity contribution in [3.05, 3.63) is 90.0 Å². The predicted octanol–water partition coefficient (Wildman–Crippen LogP) is 7.75. The van der Waals surface area contributed by atoms with E-state index in [4.69, 9.17) is 9.47 Å². The zero-order valence-electron chi connectivity index (χ0n) is 29.2. The summed E-state index contributed by atoms with van der Waals surface area (Å²) in [5.74, 6) is 2.15. The first-order chi connectivity index (χ1) is 23.8. The SMILES string of the molecule is CCCCOCCOc1ccc(-c2ccc3c(c2)C=C(C(=O)Nc2ccc(S(=O)Cc4nncn4CCC)cc2)CCN3CC(C)C)cc1. The van der Waals surface area contributed by atoms with Gasteiger partial charge in [-0.15, -0.1) is 10.2 Å². The van der Waals surface area contributed by atoms with E-state index in [0.717, 1.165) is 79.2 Å². The molecule has 1 aliphatic rings. The van der Waals surface area contributed by atoms with Gasteiger partial charge in [-0.05, 0) is 96.5 Å². The minimum atomic E-state index is -1.28. The molecule has 1 unspecified atom stereocenters. The molecule has 49 heavy (non-hydrogen) atoms. The number of unbranched alkanes of at least 4 members (excludes halogenated alkanes) is 1. The normalized spacial score (nSPS) is 13.5. The van der Waals surface area contributed by atoms with Crippen LogP contribution in [-0.2, 0) is 32.6 Å². The first kappa shape index (κ1) is 36.0. The highest BCUT2D eigenvalue weighted by atomic mass is 32.2. The van der Waals surface area contributed by atoms with Gasteiger partial charge in [0.2, 0.25) is 0 Å². The van der Waals surface area contributed by atoms with Crippen LogP contribution in [0, 0.1) is 5.92 Å². The van der Waals surface area contributed by atoms with E-state index in [9.17, 15) is 9.00 Å². The summed E-state index contributed by atoms with van der Waals surface area (Å²) in [5, 5.41) is 11.2. The molecule has 0 bridgehead atoms. The topological polar surface area (TPSA) is 98.6 Å². The second-order valence-corrected chi connectivity index (χ2v) is 14.2. The van der Waals surface area contributed by atoms with Crippen LogP contribution in [0.5, 0.6) is 5.75 Å². The van der Waals surface area contributed by atoms with Gasteiger partial charge in [0.05, 0.1) is 23.2 Å². The van der Waals surface area contributed by atoms with Crippen molar-refractivity contribution in [3.63, 3.8) is 0 Å². The highest BCUT2D eigenvalue weighted by Gasteiger charge is 2.21. The first-order valence-electron chi connectivity index (χ1n) is 17.4. The van der Waals surface area contributed by atoms with E-state index in [1.807, 2.05) is 34.9 Å². The third kappa shape index (κ3) is 10.1. The molecule has 1 atom stereocenters. The molecule has 0 saturated heterocycles. The lowest BCUT2D eigenvalue weighted by Crippen LogP contribution is -2.29. The minimum Gasteiger partial charge on any atom is -0.491 e. The van der Waals surface area contributed by atoms with Crippen molar-refractivity contribution in [1.82, 2.24) is 14.8 Å². The number of carbonyl (C=O) groups is 1. The van der Waals surface area contributed by atoms with Gasteiger partial charge in [-0.1, -0.05) is 52.3 Å². The molecule has 0 saturated carbocycles. The summed E-state index contributed by atoms with van der Waals surface area (Å²) in [6.45, 7) is 13.0. The largest absolute Gasteiger partial charge is 0.491 e. The monoisotopic (exact) mass is 683 g/mol. The summed E-state index contributed by atoms with van der Waals surface area (Å²) in [5.41, 5.74) is 5.69. The quantitative estimate of drug-likeness (QED) is 0.114. The Kier molecular flexibility index (Phi) is 13.2. The number of benzene rings is 3. The van der Waals surface area contributed by atoms with Crippen LogP contribution in [0.1, 0.15) is 64.8 Å². The number of amides is 1. The van der Waals surface area contributed by atoms with E-state index in [1.165, 1.54) is 0 Å². The summed E-state index contributed by atoms with van der Waals surface area (Å²) in [4.78, 5) is 16.7. The molecule has 5 rings (SSSR count). The van der Waals surface area contributed by atoms with Crippen LogP contribution in [0.15, 0.2) is 83.5 Å². The van der Waals surface area contributed by atoms with Gasteiger partial charge in [0.25, 0.3) is 5.91 Å². The van der Waals surface area contributed by atoms with Gasteiger partial charge in [-0.2, -0.15) is 0 Å². The second-order valence-electron chi connectivity index (χ2n) is 12.8. The minimum absolute atomic E-state index is 0.135. The fraction of sp³-hybridized carbons (Fsp3) is 0.410. The number of aromatic nitrogens is 3. The summed E-state index contributed by atoms with van der Waals surface area (Å²) in [6.07, 6.45) is 7.47. The Morgan fingerprint density at radius 3 is 2.47 bits per heavy atom. The van der Waals surface area contributed by atoms with E-state index in [0.29, 0.717) is 47.7 Å². The van der Waals surface area contributed by atoms with Crippen molar-refractivity contribution in [1.29, 1.82) is 0 Å². The first-order valence-corrected chi connectivity index (χ1v) is 18.7. The van der Waals surface area contributed by atoms with E-state index >= 15 is 0 Å². The molecule has 1 N–H and O–H groups in total. The Balaban J connectivity index is 1.28. The highest BCUT2D eigenvalue weighted by Crippen LogP contribution is 2.34. The number of fused-ring (bicyclic) bond motifs is 1. The van der Waals surface area contributed by atoms with Crippen molar-refractivity contribution in [2.45, 2.75) is 70.6 Å². The van der Waals surface area contributed by atoms with Crippen LogP contribution in [0.3, 0.4) is 0 Å². The van der Waals surface area contributed by atoms with Crippen molar-refractivity contribution < 1.29 is 18.5 Å². The Bertz CT molecular complexity index is 1720. The molecule has 1 amide bonds. The van der Waals surface area contributed by atoms with Gasteiger partial charge in [0.1, 0.15) is 24.5 Å². The zero-order chi connectivity index (χ0) is 34.6. The smallest absolute Gasteiger partial charge is 0.251 e. The molecule has 4 aromatic rings. The summed E-state index contributed by atoms with van der Waals surface area (Å²) in [7, 11) is -1.28. The van der Waals surface area contributed by atoms with Crippen LogP contribution in [0.25, 0.3) is 17.2 Å². The van der Waals surface area contributed by atoms with Crippen LogP contribution >= 0.6 is 0 Å². The molecule has 0 spiro atoms. The standard InChI is InChI=1S/C39H49N5O4S/c1-5-7-21-47-22-23-48-35-13-8-30(9-14-35)31-10-17-37-33(24-31)25-32(18-20-43(37)26-29(3)4)39(45)41-34-11-15-36(16-12-34)49(46)27-38-42-40-28-44(38)19-6-2/h8-17,24-25,28-29H,5-7,18-23,26-27H2,1-4H3,(H,41,45). The molecule has 0 fully saturated rings. The van der Waals surface area contributed by atoms with E-state index in [2.05, 4.69) is 78.4 Å². The van der Waals surface area contributed by atoms with Gasteiger partial charge in [0, 0.05) is 48.1 Å². The number of ether oxygens (including phenoxy) is 2. The Morgan fingerprint density at radius 1 is 0.959 bits per heavy atom. The van der Waals surface area contributed by atoms with Gasteiger partial charge in [-0.3, -0.25) is 9.00 Å². The van der Waals surface area contributed by atoms with Gasteiger partial charge >= 0.3 is 0 Å². The summed E-state index contributed by atoms with van der Waals surface area (Å²) >= 11 is 0. The molecule has 2 heterocycles. The maximum atomic E-state index is 13.6. The summed E-state index contributed by atoms with van der Waals surface area (Å²) < 4.78 is 26.5. The molecule has 1 aliphatic heterocycles. The van der Waals surface area contributed by atoms with E-state index in [-0.39, 0.29) is 5.91 Å². The molecule has 9 nitrogen and oxygen atoms in total. The van der Waals surface area contributed by atoms with Crippen molar-refractivity contribution in [2.24, 2.45) is 5.92 Å². The van der Waals surface area contributed by atoms with E-state index in [1.54, 1.807) is 18.5 Å².